The maximum absolute atomic E-state index is 11.9. The zero-order valence-corrected chi connectivity index (χ0v) is 16.0. The van der Waals surface area contributed by atoms with Crippen LogP contribution in [0.15, 0.2) is 46.3 Å². The lowest BCUT2D eigenvalue weighted by atomic mass is 9.95. The first-order valence-corrected chi connectivity index (χ1v) is 9.08. The van der Waals surface area contributed by atoms with Crippen molar-refractivity contribution in [2.24, 2.45) is 5.92 Å². The number of hydrogen-bond donors (Lipinski definition) is 1. The van der Waals surface area contributed by atoms with Crippen LogP contribution in [-0.4, -0.2) is 24.2 Å². The zero-order chi connectivity index (χ0) is 19.4. The van der Waals surface area contributed by atoms with Crippen molar-refractivity contribution in [1.29, 1.82) is 0 Å². The van der Waals surface area contributed by atoms with Gasteiger partial charge in [-0.25, -0.2) is 4.79 Å². The average Bonchev–Trinajstić information content (AvgIpc) is 3.11. The van der Waals surface area contributed by atoms with Crippen molar-refractivity contribution in [3.05, 3.63) is 47.5 Å². The molecule has 0 aromatic carbocycles. The maximum atomic E-state index is 11.9. The molecule has 0 aliphatic carbocycles. The fourth-order valence-electron chi connectivity index (χ4n) is 2.77. The van der Waals surface area contributed by atoms with Crippen molar-refractivity contribution in [3.8, 4) is 0 Å². The van der Waals surface area contributed by atoms with Crippen molar-refractivity contribution < 1.29 is 23.8 Å². The average molecular weight is 362 g/mol. The Morgan fingerprint density at radius 3 is 2.58 bits per heavy atom. The standard InChI is InChI=1S/C21H30O5/c1-16(2)7-4-11-19(21(24)25-3)12-6-10-18(20(22)23)9-5-8-17-13-14-26-15-17/h7,12-15,18H,4-6,8-11H2,1-3H3,(H,22,23)/b19-12+/t18-/m0/s1. The SMILES string of the molecule is COC(=O)/C(=C/CC[C@H](CCCc1ccoc1)C(=O)O)CCC=C(C)C. The summed E-state index contributed by atoms with van der Waals surface area (Å²) in [6, 6.07) is 1.90. The molecule has 0 unspecified atom stereocenters. The van der Waals surface area contributed by atoms with Gasteiger partial charge in [0.05, 0.1) is 25.6 Å². The molecule has 1 rings (SSSR count). The molecule has 0 amide bonds. The lowest BCUT2D eigenvalue weighted by Crippen LogP contribution is -2.14. The molecule has 26 heavy (non-hydrogen) atoms. The lowest BCUT2D eigenvalue weighted by molar-refractivity contribution is -0.142. The third-order valence-corrected chi connectivity index (χ3v) is 4.27. The molecule has 1 aromatic rings. The van der Waals surface area contributed by atoms with Crippen LogP contribution >= 0.6 is 0 Å². The molecule has 1 atom stereocenters. The van der Waals surface area contributed by atoms with E-state index in [1.165, 1.54) is 12.7 Å². The highest BCUT2D eigenvalue weighted by Gasteiger charge is 2.17. The first-order chi connectivity index (χ1) is 12.4. The number of esters is 1. The highest BCUT2D eigenvalue weighted by molar-refractivity contribution is 5.88. The smallest absolute Gasteiger partial charge is 0.333 e. The van der Waals surface area contributed by atoms with Gasteiger partial charge in [0.25, 0.3) is 0 Å². The highest BCUT2D eigenvalue weighted by Crippen LogP contribution is 2.19. The van der Waals surface area contributed by atoms with Gasteiger partial charge in [0.2, 0.25) is 0 Å². The van der Waals surface area contributed by atoms with Crippen LogP contribution in [0.25, 0.3) is 0 Å². The number of allylic oxidation sites excluding steroid dienone is 3. The van der Waals surface area contributed by atoms with Gasteiger partial charge < -0.3 is 14.3 Å². The zero-order valence-electron chi connectivity index (χ0n) is 16.0. The Hall–Kier alpha value is -2.30. The van der Waals surface area contributed by atoms with E-state index in [0.29, 0.717) is 31.3 Å². The molecule has 0 saturated carbocycles. The molecule has 144 valence electrons. The van der Waals surface area contributed by atoms with Crippen LogP contribution in [0.5, 0.6) is 0 Å². The lowest BCUT2D eigenvalue weighted by Gasteiger charge is -2.11. The molecule has 0 fully saturated rings. The third-order valence-electron chi connectivity index (χ3n) is 4.27. The van der Waals surface area contributed by atoms with E-state index in [-0.39, 0.29) is 5.97 Å². The van der Waals surface area contributed by atoms with Gasteiger partial charge in [0.1, 0.15) is 0 Å². The van der Waals surface area contributed by atoms with Gasteiger partial charge >= 0.3 is 11.9 Å². The Bertz CT molecular complexity index is 606. The maximum Gasteiger partial charge on any atom is 0.333 e. The molecule has 1 N–H and O–H groups in total. The summed E-state index contributed by atoms with van der Waals surface area (Å²) in [7, 11) is 1.37. The van der Waals surface area contributed by atoms with Gasteiger partial charge in [-0.1, -0.05) is 17.7 Å². The molecular formula is C21H30O5. The van der Waals surface area contributed by atoms with Gasteiger partial charge in [0, 0.05) is 5.57 Å². The normalized spacial score (nSPS) is 12.5. The first-order valence-electron chi connectivity index (χ1n) is 9.08. The molecule has 0 aliphatic rings. The Morgan fingerprint density at radius 2 is 2.00 bits per heavy atom. The van der Waals surface area contributed by atoms with E-state index < -0.39 is 11.9 Å². The predicted molar refractivity (Wildman–Crippen MR) is 101 cm³/mol. The van der Waals surface area contributed by atoms with Crippen LogP contribution in [0.2, 0.25) is 0 Å². The van der Waals surface area contributed by atoms with Crippen molar-refractivity contribution in [2.45, 2.75) is 58.8 Å². The number of aliphatic carboxylic acids is 1. The summed E-state index contributed by atoms with van der Waals surface area (Å²) in [6.45, 7) is 4.03. The summed E-state index contributed by atoms with van der Waals surface area (Å²) >= 11 is 0. The van der Waals surface area contributed by atoms with Gasteiger partial charge in [0.15, 0.2) is 0 Å². The number of furan rings is 1. The Morgan fingerprint density at radius 1 is 1.23 bits per heavy atom. The summed E-state index contributed by atoms with van der Waals surface area (Å²) in [6.07, 6.45) is 11.9. The Balaban J connectivity index is 2.52. The Labute approximate surface area is 155 Å². The monoisotopic (exact) mass is 362 g/mol. The third kappa shape index (κ3) is 8.70. The molecule has 0 saturated heterocycles. The number of carbonyl (C=O) groups is 2. The molecular weight excluding hydrogens is 332 g/mol. The van der Waals surface area contributed by atoms with Crippen LogP contribution in [0.3, 0.4) is 0 Å². The molecule has 1 heterocycles. The van der Waals surface area contributed by atoms with Crippen molar-refractivity contribution >= 4 is 11.9 Å². The molecule has 5 heteroatoms. The molecule has 0 spiro atoms. The number of methoxy groups -OCH3 is 1. The van der Waals surface area contributed by atoms with E-state index in [1.54, 1.807) is 12.5 Å². The second kappa shape index (κ2) is 12.1. The van der Waals surface area contributed by atoms with Crippen molar-refractivity contribution in [2.75, 3.05) is 7.11 Å². The quantitative estimate of drug-likeness (QED) is 0.324. The summed E-state index contributed by atoms with van der Waals surface area (Å²) in [5.74, 6) is -1.52. The van der Waals surface area contributed by atoms with Crippen LogP contribution in [0, 0.1) is 5.92 Å². The molecule has 5 nitrogen and oxygen atoms in total. The largest absolute Gasteiger partial charge is 0.481 e. The van der Waals surface area contributed by atoms with Gasteiger partial charge in [-0.2, -0.15) is 0 Å². The van der Waals surface area contributed by atoms with E-state index in [0.717, 1.165) is 24.8 Å². The molecule has 0 bridgehead atoms. The van der Waals surface area contributed by atoms with Crippen LogP contribution in [-0.2, 0) is 20.7 Å². The fraction of sp³-hybridized carbons (Fsp3) is 0.524. The highest BCUT2D eigenvalue weighted by atomic mass is 16.5. The summed E-state index contributed by atoms with van der Waals surface area (Å²) < 4.78 is 9.85. The van der Waals surface area contributed by atoms with E-state index >= 15 is 0 Å². The van der Waals surface area contributed by atoms with Crippen LogP contribution in [0.1, 0.15) is 57.9 Å². The number of carboxylic acids is 1. The van der Waals surface area contributed by atoms with E-state index in [9.17, 15) is 14.7 Å². The number of ether oxygens (including phenoxy) is 1. The van der Waals surface area contributed by atoms with E-state index in [2.05, 4.69) is 6.08 Å². The molecule has 1 aromatic heterocycles. The topological polar surface area (TPSA) is 76.7 Å². The Kier molecular flexibility index (Phi) is 10.1. The minimum absolute atomic E-state index is 0.334. The molecule has 0 aliphatic heterocycles. The summed E-state index contributed by atoms with van der Waals surface area (Å²) in [5, 5.41) is 9.41. The minimum Gasteiger partial charge on any atom is -0.481 e. The minimum atomic E-state index is -0.783. The van der Waals surface area contributed by atoms with Gasteiger partial charge in [-0.05, 0) is 70.4 Å². The first kappa shape index (κ1) is 21.7. The number of rotatable bonds is 12. The molecule has 0 radical (unpaired) electrons. The van der Waals surface area contributed by atoms with Crippen LogP contribution < -0.4 is 0 Å². The summed E-state index contributed by atoms with van der Waals surface area (Å²) in [4.78, 5) is 23.3. The number of carbonyl (C=O) groups excluding carboxylic acids is 1. The number of hydrogen-bond acceptors (Lipinski definition) is 4. The second-order valence-corrected chi connectivity index (χ2v) is 6.68. The van der Waals surface area contributed by atoms with E-state index in [1.807, 2.05) is 26.0 Å². The number of aryl methyl sites for hydroxylation is 1. The van der Waals surface area contributed by atoms with Gasteiger partial charge in [-0.15, -0.1) is 0 Å². The number of carboxylic acid groups (broad SMARTS) is 1. The van der Waals surface area contributed by atoms with Crippen LogP contribution in [0.4, 0.5) is 0 Å². The fourth-order valence-corrected chi connectivity index (χ4v) is 2.77. The van der Waals surface area contributed by atoms with Gasteiger partial charge in [-0.3, -0.25) is 4.79 Å². The van der Waals surface area contributed by atoms with E-state index in [4.69, 9.17) is 9.15 Å². The predicted octanol–water partition coefficient (Wildman–Crippen LogP) is 4.93. The summed E-state index contributed by atoms with van der Waals surface area (Å²) in [5.41, 5.74) is 2.91. The second-order valence-electron chi connectivity index (χ2n) is 6.68. The van der Waals surface area contributed by atoms with Crippen molar-refractivity contribution in [1.82, 2.24) is 0 Å². The van der Waals surface area contributed by atoms with Crippen molar-refractivity contribution in [3.63, 3.8) is 0 Å².